The number of amides is 1. The zero-order valence-corrected chi connectivity index (χ0v) is 10.6. The summed E-state index contributed by atoms with van der Waals surface area (Å²) in [5.74, 6) is 0.685. The molecule has 0 aromatic carbocycles. The maximum atomic E-state index is 12.1. The van der Waals surface area contributed by atoms with Crippen LogP contribution in [0.5, 0.6) is 0 Å². The molecule has 0 saturated heterocycles. The zero-order chi connectivity index (χ0) is 13.0. The first-order chi connectivity index (χ1) is 8.70. The smallest absolute Gasteiger partial charge is 0.272 e. The van der Waals surface area contributed by atoms with Gasteiger partial charge in [-0.25, -0.2) is 0 Å². The van der Waals surface area contributed by atoms with Gasteiger partial charge in [-0.15, -0.1) is 0 Å². The molecule has 0 bridgehead atoms. The van der Waals surface area contributed by atoms with Crippen molar-refractivity contribution in [2.75, 3.05) is 13.6 Å². The number of hydrogen-bond donors (Lipinski definition) is 0. The van der Waals surface area contributed by atoms with Gasteiger partial charge >= 0.3 is 0 Å². The third-order valence-electron chi connectivity index (χ3n) is 3.55. The minimum Gasteiger partial charge on any atom is -0.340 e. The summed E-state index contributed by atoms with van der Waals surface area (Å²) in [7, 11) is 1.79. The fourth-order valence-corrected chi connectivity index (χ4v) is 2.07. The van der Waals surface area contributed by atoms with Gasteiger partial charge in [0.25, 0.3) is 5.91 Å². The molecule has 0 radical (unpaired) electrons. The highest BCUT2D eigenvalue weighted by Gasteiger charge is 2.19. The first-order valence-corrected chi connectivity index (χ1v) is 6.32. The largest absolute Gasteiger partial charge is 0.340 e. The van der Waals surface area contributed by atoms with Crippen LogP contribution in [0.1, 0.15) is 41.7 Å². The molecule has 1 aromatic heterocycles. The molecule has 1 saturated carbocycles. The van der Waals surface area contributed by atoms with Crippen molar-refractivity contribution < 1.29 is 4.79 Å². The fourth-order valence-electron chi connectivity index (χ4n) is 2.07. The van der Waals surface area contributed by atoms with Crippen LogP contribution in [-0.4, -0.2) is 29.4 Å². The standard InChI is InChI=1S/C14H17N3O/c1-17(8-6-11-3-2-4-11)14(18)13-9-12(10-15)5-7-16-13/h5,7,9,11H,2-4,6,8H2,1H3. The summed E-state index contributed by atoms with van der Waals surface area (Å²) in [5, 5.41) is 8.80. The van der Waals surface area contributed by atoms with Crippen LogP contribution in [0.2, 0.25) is 0 Å². The molecule has 18 heavy (non-hydrogen) atoms. The predicted octanol–water partition coefficient (Wildman–Crippen LogP) is 2.22. The van der Waals surface area contributed by atoms with Crippen LogP contribution in [0.3, 0.4) is 0 Å². The summed E-state index contributed by atoms with van der Waals surface area (Å²) < 4.78 is 0. The van der Waals surface area contributed by atoms with Crippen LogP contribution < -0.4 is 0 Å². The molecule has 2 rings (SSSR count). The topological polar surface area (TPSA) is 57.0 Å². The molecule has 0 unspecified atom stereocenters. The molecule has 4 nitrogen and oxygen atoms in total. The summed E-state index contributed by atoms with van der Waals surface area (Å²) >= 11 is 0. The van der Waals surface area contributed by atoms with E-state index in [-0.39, 0.29) is 5.91 Å². The van der Waals surface area contributed by atoms with Gasteiger partial charge in [-0.1, -0.05) is 19.3 Å². The third kappa shape index (κ3) is 2.86. The van der Waals surface area contributed by atoms with Gasteiger partial charge in [0.1, 0.15) is 5.69 Å². The van der Waals surface area contributed by atoms with E-state index in [0.29, 0.717) is 11.3 Å². The lowest BCUT2D eigenvalue weighted by atomic mass is 9.83. The molecule has 0 aliphatic heterocycles. The quantitative estimate of drug-likeness (QED) is 0.814. The molecule has 0 atom stereocenters. The second-order valence-corrected chi connectivity index (χ2v) is 4.85. The van der Waals surface area contributed by atoms with Crippen LogP contribution in [0.4, 0.5) is 0 Å². The van der Waals surface area contributed by atoms with Crippen molar-refractivity contribution in [1.29, 1.82) is 5.26 Å². The van der Waals surface area contributed by atoms with E-state index in [1.807, 2.05) is 6.07 Å². The Bertz CT molecular complexity index is 474. The van der Waals surface area contributed by atoms with Crippen LogP contribution in [0.15, 0.2) is 18.3 Å². The molecular weight excluding hydrogens is 226 g/mol. The van der Waals surface area contributed by atoms with Crippen LogP contribution >= 0.6 is 0 Å². The molecule has 0 N–H and O–H groups in total. The maximum Gasteiger partial charge on any atom is 0.272 e. The Balaban J connectivity index is 1.94. The van der Waals surface area contributed by atoms with Crippen molar-refractivity contribution in [1.82, 2.24) is 9.88 Å². The second-order valence-electron chi connectivity index (χ2n) is 4.85. The molecule has 1 heterocycles. The first kappa shape index (κ1) is 12.6. The fraction of sp³-hybridized carbons (Fsp3) is 0.500. The van der Waals surface area contributed by atoms with E-state index >= 15 is 0 Å². The van der Waals surface area contributed by atoms with Gasteiger partial charge < -0.3 is 4.90 Å². The number of carbonyl (C=O) groups is 1. The molecule has 1 fully saturated rings. The molecule has 0 spiro atoms. The van der Waals surface area contributed by atoms with Crippen LogP contribution in [-0.2, 0) is 0 Å². The number of nitrogens with zero attached hydrogens (tertiary/aromatic N) is 3. The van der Waals surface area contributed by atoms with Crippen molar-refractivity contribution in [2.24, 2.45) is 5.92 Å². The van der Waals surface area contributed by atoms with E-state index in [9.17, 15) is 4.79 Å². The SMILES string of the molecule is CN(CCC1CCC1)C(=O)c1cc(C#N)ccn1. The number of pyridine rings is 1. The van der Waals surface area contributed by atoms with E-state index in [4.69, 9.17) is 5.26 Å². The van der Waals surface area contributed by atoms with Crippen LogP contribution in [0.25, 0.3) is 0 Å². The molecule has 1 aliphatic carbocycles. The normalized spacial score (nSPS) is 14.7. The average molecular weight is 243 g/mol. The summed E-state index contributed by atoms with van der Waals surface area (Å²) in [5.41, 5.74) is 0.825. The molecule has 1 amide bonds. The number of hydrogen-bond acceptors (Lipinski definition) is 3. The summed E-state index contributed by atoms with van der Waals surface area (Å²) in [6.45, 7) is 0.766. The highest BCUT2D eigenvalue weighted by molar-refractivity contribution is 5.92. The summed E-state index contributed by atoms with van der Waals surface area (Å²) in [4.78, 5) is 17.8. The number of rotatable bonds is 4. The maximum absolute atomic E-state index is 12.1. The molecule has 94 valence electrons. The predicted molar refractivity (Wildman–Crippen MR) is 67.9 cm³/mol. The Morgan fingerprint density at radius 3 is 3.00 bits per heavy atom. The van der Waals surface area contributed by atoms with Crippen molar-refractivity contribution in [3.63, 3.8) is 0 Å². The lowest BCUT2D eigenvalue weighted by Crippen LogP contribution is -2.30. The van der Waals surface area contributed by atoms with E-state index in [1.54, 1.807) is 24.1 Å². The van der Waals surface area contributed by atoms with E-state index in [0.717, 1.165) is 18.9 Å². The molecule has 1 aliphatic rings. The second kappa shape index (κ2) is 5.63. The first-order valence-electron chi connectivity index (χ1n) is 6.32. The summed E-state index contributed by atoms with van der Waals surface area (Å²) in [6.07, 6.45) is 6.49. The minimum atomic E-state index is -0.105. The van der Waals surface area contributed by atoms with Crippen molar-refractivity contribution in [3.05, 3.63) is 29.6 Å². The highest BCUT2D eigenvalue weighted by atomic mass is 16.2. The minimum absolute atomic E-state index is 0.105. The molecule has 4 heteroatoms. The van der Waals surface area contributed by atoms with Gasteiger partial charge in [-0.2, -0.15) is 5.26 Å². The van der Waals surface area contributed by atoms with Crippen LogP contribution in [0, 0.1) is 17.2 Å². The van der Waals surface area contributed by atoms with E-state index in [1.165, 1.54) is 25.5 Å². The van der Waals surface area contributed by atoms with Gasteiger partial charge in [0.2, 0.25) is 0 Å². The number of carbonyl (C=O) groups excluding carboxylic acids is 1. The Morgan fingerprint density at radius 1 is 1.61 bits per heavy atom. The van der Waals surface area contributed by atoms with Gasteiger partial charge in [0.05, 0.1) is 11.6 Å². The number of nitriles is 1. The Hall–Kier alpha value is -1.89. The Labute approximate surface area is 107 Å². The van der Waals surface area contributed by atoms with E-state index < -0.39 is 0 Å². The zero-order valence-electron chi connectivity index (χ0n) is 10.6. The van der Waals surface area contributed by atoms with Crippen molar-refractivity contribution in [3.8, 4) is 6.07 Å². The average Bonchev–Trinajstić information content (AvgIpc) is 2.36. The Morgan fingerprint density at radius 2 is 2.39 bits per heavy atom. The monoisotopic (exact) mass is 243 g/mol. The van der Waals surface area contributed by atoms with Crippen molar-refractivity contribution >= 4 is 5.91 Å². The van der Waals surface area contributed by atoms with Gasteiger partial charge in [0.15, 0.2) is 0 Å². The molecular formula is C14H17N3O. The Kier molecular flexibility index (Phi) is 3.93. The third-order valence-corrected chi connectivity index (χ3v) is 3.55. The van der Waals surface area contributed by atoms with Gasteiger partial charge in [0, 0.05) is 19.8 Å². The summed E-state index contributed by atoms with van der Waals surface area (Å²) in [6, 6.07) is 5.17. The van der Waals surface area contributed by atoms with Gasteiger partial charge in [-0.3, -0.25) is 9.78 Å². The lowest BCUT2D eigenvalue weighted by molar-refractivity contribution is 0.0773. The highest BCUT2D eigenvalue weighted by Crippen LogP contribution is 2.29. The number of aromatic nitrogens is 1. The van der Waals surface area contributed by atoms with Gasteiger partial charge in [-0.05, 0) is 24.5 Å². The molecule has 1 aromatic rings. The lowest BCUT2D eigenvalue weighted by Gasteiger charge is -2.27. The van der Waals surface area contributed by atoms with Crippen molar-refractivity contribution in [2.45, 2.75) is 25.7 Å². The van der Waals surface area contributed by atoms with E-state index in [2.05, 4.69) is 4.98 Å².